The highest BCUT2D eigenvalue weighted by Gasteiger charge is 1.96. The van der Waals surface area contributed by atoms with E-state index in [4.69, 9.17) is 5.21 Å². The van der Waals surface area contributed by atoms with Crippen LogP contribution in [0.5, 0.6) is 0 Å². The van der Waals surface area contributed by atoms with Gasteiger partial charge in [0.15, 0.2) is 5.43 Å². The van der Waals surface area contributed by atoms with E-state index >= 15 is 0 Å². The molecule has 0 aliphatic rings. The summed E-state index contributed by atoms with van der Waals surface area (Å²) in [6.07, 6.45) is 0. The Morgan fingerprint density at radius 1 is 1.30 bits per heavy atom. The molecule has 0 amide bonds. The lowest BCUT2D eigenvalue weighted by Gasteiger charge is -2.03. The van der Waals surface area contributed by atoms with Gasteiger partial charge in [-0.3, -0.25) is 4.79 Å². The second-order valence-electron chi connectivity index (χ2n) is 2.29. The Bertz CT molecular complexity index is 275. The highest BCUT2D eigenvalue weighted by atomic mass is 16.5. The Labute approximate surface area is 58.5 Å². The standard InChI is InChI=1S/C7H9NO2/c1-5-3-7(9)4-6(2)8(5)10/h3-4,10H,1-2H3. The largest absolute Gasteiger partial charge is 0.428 e. The van der Waals surface area contributed by atoms with Crippen molar-refractivity contribution in [3.8, 4) is 0 Å². The summed E-state index contributed by atoms with van der Waals surface area (Å²) in [5.41, 5.74) is 1.05. The number of hydrogen-bond acceptors (Lipinski definition) is 2. The minimum atomic E-state index is -0.0692. The van der Waals surface area contributed by atoms with E-state index in [2.05, 4.69) is 0 Å². The van der Waals surface area contributed by atoms with Crippen LogP contribution in [0.15, 0.2) is 16.9 Å². The smallest absolute Gasteiger partial charge is 0.182 e. The summed E-state index contributed by atoms with van der Waals surface area (Å²) < 4.78 is 0.988. The fraction of sp³-hybridized carbons (Fsp3) is 0.286. The third kappa shape index (κ3) is 1.03. The quantitative estimate of drug-likeness (QED) is 0.537. The van der Waals surface area contributed by atoms with Gasteiger partial charge in [-0.1, -0.05) is 0 Å². The summed E-state index contributed by atoms with van der Waals surface area (Å²) >= 11 is 0. The number of aryl methyl sites for hydroxylation is 2. The van der Waals surface area contributed by atoms with E-state index in [1.165, 1.54) is 12.1 Å². The van der Waals surface area contributed by atoms with Crippen molar-refractivity contribution >= 4 is 0 Å². The van der Waals surface area contributed by atoms with Crippen molar-refractivity contribution < 1.29 is 5.21 Å². The topological polar surface area (TPSA) is 42.2 Å². The van der Waals surface area contributed by atoms with Crippen LogP contribution in [0, 0.1) is 13.8 Å². The monoisotopic (exact) mass is 139 g/mol. The molecule has 10 heavy (non-hydrogen) atoms. The molecule has 0 aliphatic carbocycles. The molecule has 1 heterocycles. The molecular weight excluding hydrogens is 130 g/mol. The third-order valence-electron chi connectivity index (χ3n) is 1.37. The van der Waals surface area contributed by atoms with Crippen LogP contribution in [0.25, 0.3) is 0 Å². The molecule has 0 atom stereocenters. The van der Waals surface area contributed by atoms with E-state index < -0.39 is 0 Å². The van der Waals surface area contributed by atoms with Gasteiger partial charge < -0.3 is 5.21 Å². The van der Waals surface area contributed by atoms with Crippen LogP contribution in [-0.2, 0) is 0 Å². The summed E-state index contributed by atoms with van der Waals surface area (Å²) in [5.74, 6) is 0. The molecule has 1 rings (SSSR count). The van der Waals surface area contributed by atoms with Crippen LogP contribution >= 0.6 is 0 Å². The minimum absolute atomic E-state index is 0.0692. The first-order valence-electron chi connectivity index (χ1n) is 3.01. The number of pyridine rings is 1. The molecule has 0 aliphatic heterocycles. The maximum Gasteiger partial charge on any atom is 0.182 e. The average molecular weight is 139 g/mol. The molecule has 1 aromatic heterocycles. The van der Waals surface area contributed by atoms with Gasteiger partial charge in [0.05, 0.1) is 11.4 Å². The number of aromatic nitrogens is 1. The zero-order valence-electron chi connectivity index (χ0n) is 5.96. The maximum atomic E-state index is 10.7. The van der Waals surface area contributed by atoms with Gasteiger partial charge in [0, 0.05) is 12.1 Å². The second kappa shape index (κ2) is 2.17. The molecule has 0 spiro atoms. The Balaban J connectivity index is 3.46. The van der Waals surface area contributed by atoms with E-state index in [1.54, 1.807) is 13.8 Å². The van der Waals surface area contributed by atoms with Crippen molar-refractivity contribution in [3.05, 3.63) is 33.7 Å². The maximum absolute atomic E-state index is 10.7. The van der Waals surface area contributed by atoms with Gasteiger partial charge in [0.1, 0.15) is 0 Å². The zero-order valence-corrected chi connectivity index (χ0v) is 5.96. The van der Waals surface area contributed by atoms with Gasteiger partial charge >= 0.3 is 0 Å². The minimum Gasteiger partial charge on any atom is -0.428 e. The van der Waals surface area contributed by atoms with Crippen LogP contribution in [0.2, 0.25) is 0 Å². The molecule has 1 aromatic rings. The van der Waals surface area contributed by atoms with Crippen molar-refractivity contribution in [1.29, 1.82) is 0 Å². The van der Waals surface area contributed by atoms with E-state index in [9.17, 15) is 4.79 Å². The Morgan fingerprint density at radius 3 is 2.10 bits per heavy atom. The number of hydrogen-bond donors (Lipinski definition) is 1. The Morgan fingerprint density at radius 2 is 1.70 bits per heavy atom. The lowest BCUT2D eigenvalue weighted by atomic mass is 10.3. The Hall–Kier alpha value is -1.25. The summed E-state index contributed by atoms with van der Waals surface area (Å²) in [6, 6.07) is 2.76. The van der Waals surface area contributed by atoms with Crippen LogP contribution in [0.4, 0.5) is 0 Å². The summed E-state index contributed by atoms with van der Waals surface area (Å²) in [5, 5.41) is 9.11. The third-order valence-corrected chi connectivity index (χ3v) is 1.37. The normalized spacial score (nSPS) is 9.80. The highest BCUT2D eigenvalue weighted by molar-refractivity contribution is 5.10. The molecule has 0 radical (unpaired) electrons. The summed E-state index contributed by atoms with van der Waals surface area (Å²) in [6.45, 7) is 3.35. The van der Waals surface area contributed by atoms with Crippen molar-refractivity contribution in [2.24, 2.45) is 0 Å². The fourth-order valence-corrected chi connectivity index (χ4v) is 0.854. The molecule has 0 saturated carbocycles. The van der Waals surface area contributed by atoms with E-state index in [0.29, 0.717) is 11.4 Å². The molecule has 0 bridgehead atoms. The summed E-state index contributed by atoms with van der Waals surface area (Å²) in [7, 11) is 0. The molecule has 3 heteroatoms. The van der Waals surface area contributed by atoms with E-state index in [-0.39, 0.29) is 5.43 Å². The first-order valence-corrected chi connectivity index (χ1v) is 3.01. The molecule has 0 unspecified atom stereocenters. The van der Waals surface area contributed by atoms with Crippen LogP contribution < -0.4 is 5.43 Å². The predicted octanol–water partition coefficient (Wildman–Crippen LogP) is 0.702. The fourth-order valence-electron chi connectivity index (χ4n) is 0.854. The van der Waals surface area contributed by atoms with E-state index in [1.807, 2.05) is 0 Å². The van der Waals surface area contributed by atoms with Gasteiger partial charge in [0.2, 0.25) is 0 Å². The van der Waals surface area contributed by atoms with Crippen LogP contribution in [0.3, 0.4) is 0 Å². The van der Waals surface area contributed by atoms with Gasteiger partial charge in [-0.25, -0.2) is 0 Å². The van der Waals surface area contributed by atoms with Gasteiger partial charge in [-0.05, 0) is 13.8 Å². The average Bonchev–Trinajstić information content (AvgIpc) is 1.82. The van der Waals surface area contributed by atoms with Crippen molar-refractivity contribution in [1.82, 2.24) is 4.73 Å². The van der Waals surface area contributed by atoms with Crippen LogP contribution in [0.1, 0.15) is 11.4 Å². The second-order valence-corrected chi connectivity index (χ2v) is 2.29. The van der Waals surface area contributed by atoms with E-state index in [0.717, 1.165) is 4.73 Å². The van der Waals surface area contributed by atoms with Crippen molar-refractivity contribution in [3.63, 3.8) is 0 Å². The molecular formula is C7H9NO2. The SMILES string of the molecule is Cc1cc(=O)cc(C)n1O. The molecule has 0 fully saturated rings. The van der Waals surface area contributed by atoms with Crippen molar-refractivity contribution in [2.75, 3.05) is 0 Å². The zero-order chi connectivity index (χ0) is 7.72. The highest BCUT2D eigenvalue weighted by Crippen LogP contribution is 1.95. The predicted molar refractivity (Wildman–Crippen MR) is 37.4 cm³/mol. The van der Waals surface area contributed by atoms with Crippen LogP contribution in [-0.4, -0.2) is 9.94 Å². The molecule has 3 nitrogen and oxygen atoms in total. The van der Waals surface area contributed by atoms with Gasteiger partial charge in [-0.2, -0.15) is 4.73 Å². The first-order chi connectivity index (χ1) is 4.61. The molecule has 1 N–H and O–H groups in total. The number of nitrogens with zero attached hydrogens (tertiary/aromatic N) is 1. The lowest BCUT2D eigenvalue weighted by molar-refractivity contribution is 0.171. The molecule has 0 saturated heterocycles. The summed E-state index contributed by atoms with van der Waals surface area (Å²) in [4.78, 5) is 10.7. The Kier molecular flexibility index (Phi) is 1.49. The lowest BCUT2D eigenvalue weighted by Crippen LogP contribution is -2.09. The number of rotatable bonds is 0. The van der Waals surface area contributed by atoms with Gasteiger partial charge in [0.25, 0.3) is 0 Å². The van der Waals surface area contributed by atoms with Gasteiger partial charge in [-0.15, -0.1) is 0 Å². The molecule has 54 valence electrons. The van der Waals surface area contributed by atoms with Crippen molar-refractivity contribution in [2.45, 2.75) is 13.8 Å². The first kappa shape index (κ1) is 6.86. The molecule has 0 aromatic carbocycles.